The van der Waals surface area contributed by atoms with Gasteiger partial charge in [-0.3, -0.25) is 0 Å². The molecule has 2 atom stereocenters. The third kappa shape index (κ3) is 9.96. The van der Waals surface area contributed by atoms with Crippen molar-refractivity contribution in [2.24, 2.45) is 0 Å². The van der Waals surface area contributed by atoms with Crippen LogP contribution in [0, 0.1) is 0 Å². The molecule has 0 amide bonds. The Morgan fingerprint density at radius 3 is 1.57 bits per heavy atom. The fraction of sp³-hybridized carbons (Fsp3) is 0.231. The Kier molecular flexibility index (Phi) is 11.8. The van der Waals surface area contributed by atoms with Crippen molar-refractivity contribution in [1.82, 2.24) is 9.97 Å². The van der Waals surface area contributed by atoms with Gasteiger partial charge in [-0.05, 0) is 12.1 Å². The molecule has 0 radical (unpaired) electrons. The van der Waals surface area contributed by atoms with Gasteiger partial charge in [-0.25, -0.2) is 29.1 Å². The molecule has 40 heavy (non-hydrogen) atoms. The van der Waals surface area contributed by atoms with E-state index >= 15 is 0 Å². The molecule has 0 saturated heterocycles. The Balaban J connectivity index is 1.55. The van der Waals surface area contributed by atoms with Crippen LogP contribution in [0.4, 0.5) is 0 Å². The summed E-state index contributed by atoms with van der Waals surface area (Å²) in [5.74, 6) is -2.06. The summed E-state index contributed by atoms with van der Waals surface area (Å²) in [4.78, 5) is 55.4. The van der Waals surface area contributed by atoms with Crippen LogP contribution in [0.5, 0.6) is 11.5 Å². The first-order chi connectivity index (χ1) is 19.4. The van der Waals surface area contributed by atoms with Gasteiger partial charge in [0.25, 0.3) is 0 Å². The summed E-state index contributed by atoms with van der Waals surface area (Å²) in [6.45, 7) is 5.86. The van der Waals surface area contributed by atoms with Gasteiger partial charge in [0, 0.05) is 41.4 Å². The maximum Gasteiger partial charge on any atom is 0.367 e. The van der Waals surface area contributed by atoms with Gasteiger partial charge in [0.05, 0.1) is 0 Å². The molecule has 12 nitrogen and oxygen atoms in total. The van der Waals surface area contributed by atoms with Crippen LogP contribution in [0.15, 0.2) is 72.7 Å². The lowest BCUT2D eigenvalue weighted by Gasteiger charge is -2.19. The normalized spacial score (nSPS) is 11.8. The van der Waals surface area contributed by atoms with Crippen LogP contribution in [0.2, 0.25) is 0 Å². The van der Waals surface area contributed by atoms with Crippen LogP contribution in [0.3, 0.4) is 0 Å². The molecular formula is C26H24N2O10S2. The van der Waals surface area contributed by atoms with E-state index in [1.807, 2.05) is 0 Å². The average molecular weight is 589 g/mol. The van der Waals surface area contributed by atoms with E-state index < -0.39 is 36.1 Å². The van der Waals surface area contributed by atoms with Crippen LogP contribution < -0.4 is 9.47 Å². The number of ether oxygens (including phenoxy) is 6. The number of nitrogens with zero attached hydrogens (tertiary/aromatic N) is 2. The monoisotopic (exact) mass is 588 g/mol. The molecule has 0 fully saturated rings. The zero-order valence-electron chi connectivity index (χ0n) is 21.0. The molecule has 2 aromatic heterocycles. The predicted octanol–water partition coefficient (Wildman–Crippen LogP) is 3.27. The largest absolute Gasteiger partial charge is 0.489 e. The quantitative estimate of drug-likeness (QED) is 0.137. The SMILES string of the molecule is C=CC(=O)OC(COC(=O)c1nccs1)COc1cccc(OCC(COC(=O)c2nccs2)OC(=O)C=C)c1. The number of carbonyl (C=O) groups excluding carboxylic acids is 4. The van der Waals surface area contributed by atoms with E-state index in [9.17, 15) is 19.2 Å². The van der Waals surface area contributed by atoms with Gasteiger partial charge in [0.1, 0.15) is 37.9 Å². The van der Waals surface area contributed by atoms with Crippen molar-refractivity contribution in [3.05, 3.63) is 82.7 Å². The molecule has 0 spiro atoms. The summed E-state index contributed by atoms with van der Waals surface area (Å²) in [6.07, 6.45) is 3.02. The smallest absolute Gasteiger partial charge is 0.367 e. The Morgan fingerprint density at radius 2 is 1.20 bits per heavy atom. The third-order valence-electron chi connectivity index (χ3n) is 4.59. The second-order valence-electron chi connectivity index (χ2n) is 7.49. The second kappa shape index (κ2) is 15.8. The number of thiazole rings is 2. The van der Waals surface area contributed by atoms with Gasteiger partial charge in [-0.15, -0.1) is 22.7 Å². The zero-order valence-corrected chi connectivity index (χ0v) is 22.6. The topological polar surface area (TPSA) is 149 Å². The minimum absolute atomic E-state index is 0.152. The summed E-state index contributed by atoms with van der Waals surface area (Å²) in [7, 11) is 0. The van der Waals surface area contributed by atoms with E-state index in [2.05, 4.69) is 23.1 Å². The number of hydrogen-bond donors (Lipinski definition) is 0. The lowest BCUT2D eigenvalue weighted by Crippen LogP contribution is -2.31. The standard InChI is InChI=1S/C26H24N2O10S2/c1-3-21(29)37-19(15-35-25(31)23-27-8-10-39-23)13-33-17-6-5-7-18(12-17)34-14-20(38-22(30)4-2)16-36-26(32)24-28-9-11-40-24/h3-12,19-20H,1-2,13-16H2. The Bertz CT molecular complexity index is 1200. The highest BCUT2D eigenvalue weighted by molar-refractivity contribution is 7.11. The minimum atomic E-state index is -0.936. The summed E-state index contributed by atoms with van der Waals surface area (Å²) in [5.41, 5.74) is 0. The number of carbonyl (C=O) groups is 4. The number of rotatable bonds is 16. The van der Waals surface area contributed by atoms with Crippen LogP contribution >= 0.6 is 22.7 Å². The van der Waals surface area contributed by atoms with Crippen molar-refractivity contribution in [3.8, 4) is 11.5 Å². The number of benzene rings is 1. The molecule has 210 valence electrons. The molecule has 2 unspecified atom stereocenters. The number of hydrogen-bond acceptors (Lipinski definition) is 14. The van der Waals surface area contributed by atoms with Crippen molar-refractivity contribution >= 4 is 46.6 Å². The first-order valence-corrected chi connectivity index (χ1v) is 13.3. The van der Waals surface area contributed by atoms with Gasteiger partial charge in [0.15, 0.2) is 12.2 Å². The van der Waals surface area contributed by atoms with Gasteiger partial charge in [-0.2, -0.15) is 0 Å². The molecule has 0 aliphatic heterocycles. The second-order valence-corrected chi connectivity index (χ2v) is 9.28. The number of esters is 4. The fourth-order valence-corrected chi connectivity index (χ4v) is 3.85. The van der Waals surface area contributed by atoms with Crippen molar-refractivity contribution in [3.63, 3.8) is 0 Å². The molecule has 3 aromatic rings. The van der Waals surface area contributed by atoms with Crippen LogP contribution in [-0.2, 0) is 28.5 Å². The summed E-state index contributed by atoms with van der Waals surface area (Å²) >= 11 is 2.23. The molecule has 0 N–H and O–H groups in total. The Hall–Kier alpha value is -4.56. The minimum Gasteiger partial charge on any atom is -0.489 e. The molecular weight excluding hydrogens is 564 g/mol. The van der Waals surface area contributed by atoms with Crippen molar-refractivity contribution < 1.29 is 47.6 Å². The fourth-order valence-electron chi connectivity index (χ4n) is 2.80. The molecule has 0 bridgehead atoms. The van der Waals surface area contributed by atoms with E-state index in [4.69, 9.17) is 28.4 Å². The highest BCUT2D eigenvalue weighted by Gasteiger charge is 2.20. The highest BCUT2D eigenvalue weighted by atomic mass is 32.1. The van der Waals surface area contributed by atoms with Crippen molar-refractivity contribution in [2.75, 3.05) is 26.4 Å². The molecule has 14 heteroatoms. The van der Waals surface area contributed by atoms with Gasteiger partial charge >= 0.3 is 23.9 Å². The number of aromatic nitrogens is 2. The molecule has 0 aliphatic rings. The molecule has 3 rings (SSSR count). The van der Waals surface area contributed by atoms with E-state index in [0.29, 0.717) is 11.5 Å². The van der Waals surface area contributed by atoms with E-state index in [0.717, 1.165) is 34.8 Å². The van der Waals surface area contributed by atoms with Crippen LogP contribution in [0.1, 0.15) is 19.6 Å². The lowest BCUT2D eigenvalue weighted by atomic mass is 10.3. The molecule has 0 saturated carbocycles. The third-order valence-corrected chi connectivity index (χ3v) is 6.10. The van der Waals surface area contributed by atoms with Crippen molar-refractivity contribution in [2.45, 2.75) is 12.2 Å². The van der Waals surface area contributed by atoms with Crippen molar-refractivity contribution in [1.29, 1.82) is 0 Å². The molecule has 0 aliphatic carbocycles. The highest BCUT2D eigenvalue weighted by Crippen LogP contribution is 2.21. The predicted molar refractivity (Wildman–Crippen MR) is 142 cm³/mol. The first-order valence-electron chi connectivity index (χ1n) is 11.5. The summed E-state index contributed by atoms with van der Waals surface area (Å²) in [5, 5.41) is 3.58. The maximum absolute atomic E-state index is 12.1. The lowest BCUT2D eigenvalue weighted by molar-refractivity contribution is -0.147. The Morgan fingerprint density at radius 1 is 0.750 bits per heavy atom. The molecule has 2 heterocycles. The van der Waals surface area contributed by atoms with E-state index in [-0.39, 0.29) is 36.4 Å². The molecule has 1 aromatic carbocycles. The van der Waals surface area contributed by atoms with E-state index in [1.54, 1.807) is 35.0 Å². The first kappa shape index (κ1) is 30.0. The zero-order chi connectivity index (χ0) is 28.7. The van der Waals surface area contributed by atoms with E-state index in [1.165, 1.54) is 12.4 Å². The van der Waals surface area contributed by atoms with Gasteiger partial charge in [-0.1, -0.05) is 19.2 Å². The summed E-state index contributed by atoms with van der Waals surface area (Å²) < 4.78 is 32.2. The van der Waals surface area contributed by atoms with Crippen LogP contribution in [-0.4, -0.2) is 72.5 Å². The summed E-state index contributed by atoms with van der Waals surface area (Å²) in [6, 6.07) is 6.45. The maximum atomic E-state index is 12.1. The average Bonchev–Trinajstić information content (AvgIpc) is 3.71. The van der Waals surface area contributed by atoms with Gasteiger partial charge < -0.3 is 28.4 Å². The Labute approximate surface area is 236 Å². The van der Waals surface area contributed by atoms with Crippen LogP contribution in [0.25, 0.3) is 0 Å². The van der Waals surface area contributed by atoms with Gasteiger partial charge in [0.2, 0.25) is 10.0 Å².